The molecular formula is C18H22N6O. The van der Waals surface area contributed by atoms with Gasteiger partial charge in [0.2, 0.25) is 5.91 Å². The minimum atomic E-state index is 0.168. The first-order valence-corrected chi connectivity index (χ1v) is 8.70. The highest BCUT2D eigenvalue weighted by Crippen LogP contribution is 2.22. The fourth-order valence-corrected chi connectivity index (χ4v) is 3.71. The number of pyridine rings is 1. The molecular weight excluding hydrogens is 316 g/mol. The molecule has 1 atom stereocenters. The summed E-state index contributed by atoms with van der Waals surface area (Å²) >= 11 is 0. The van der Waals surface area contributed by atoms with Crippen LogP contribution in [0.1, 0.15) is 30.1 Å². The molecule has 1 unspecified atom stereocenters. The van der Waals surface area contributed by atoms with Crippen molar-refractivity contribution in [1.29, 1.82) is 0 Å². The van der Waals surface area contributed by atoms with Crippen LogP contribution in [0, 0.1) is 13.8 Å². The van der Waals surface area contributed by atoms with Gasteiger partial charge in [0.05, 0.1) is 19.0 Å². The van der Waals surface area contributed by atoms with Crippen molar-refractivity contribution in [3.05, 3.63) is 41.7 Å². The maximum atomic E-state index is 12.9. The second-order valence-electron chi connectivity index (χ2n) is 6.66. The average molecular weight is 338 g/mol. The third-order valence-corrected chi connectivity index (χ3v) is 4.92. The summed E-state index contributed by atoms with van der Waals surface area (Å²) in [5.41, 5.74) is 1.84. The second kappa shape index (κ2) is 6.31. The van der Waals surface area contributed by atoms with E-state index < -0.39 is 0 Å². The van der Waals surface area contributed by atoms with Gasteiger partial charge in [-0.15, -0.1) is 0 Å². The lowest BCUT2D eigenvalue weighted by Crippen LogP contribution is -2.39. The lowest BCUT2D eigenvalue weighted by molar-refractivity contribution is -0.131. The fourth-order valence-electron chi connectivity index (χ4n) is 3.71. The van der Waals surface area contributed by atoms with E-state index in [9.17, 15) is 4.79 Å². The van der Waals surface area contributed by atoms with Crippen molar-refractivity contribution >= 4 is 16.9 Å². The van der Waals surface area contributed by atoms with Crippen LogP contribution in [0.15, 0.2) is 24.5 Å². The highest BCUT2D eigenvalue weighted by Gasteiger charge is 2.30. The molecule has 1 saturated heterocycles. The smallest absolute Gasteiger partial charge is 0.227 e. The van der Waals surface area contributed by atoms with Crippen molar-refractivity contribution in [2.24, 2.45) is 0 Å². The van der Waals surface area contributed by atoms with E-state index in [1.165, 1.54) is 0 Å². The molecule has 1 fully saturated rings. The largest absolute Gasteiger partial charge is 0.346 e. The van der Waals surface area contributed by atoms with Gasteiger partial charge in [0.15, 0.2) is 0 Å². The molecule has 0 aliphatic carbocycles. The zero-order chi connectivity index (χ0) is 17.4. The average Bonchev–Trinajstić information content (AvgIpc) is 3.28. The van der Waals surface area contributed by atoms with Gasteiger partial charge in [-0.25, -0.2) is 14.6 Å². The molecule has 7 heteroatoms. The Hall–Kier alpha value is -2.70. The maximum absolute atomic E-state index is 12.9. The number of carbonyl (C=O) groups is 1. The summed E-state index contributed by atoms with van der Waals surface area (Å²) in [6.07, 6.45) is 6.10. The normalized spacial score (nSPS) is 17.5. The number of nitrogens with one attached hydrogen (secondary N) is 1. The van der Waals surface area contributed by atoms with E-state index in [0.29, 0.717) is 13.0 Å². The first-order chi connectivity index (χ1) is 12.1. The zero-order valence-electron chi connectivity index (χ0n) is 14.6. The third kappa shape index (κ3) is 3.01. The second-order valence-corrected chi connectivity index (χ2v) is 6.66. The van der Waals surface area contributed by atoms with Gasteiger partial charge in [-0.05, 0) is 44.4 Å². The minimum absolute atomic E-state index is 0.168. The van der Waals surface area contributed by atoms with Gasteiger partial charge in [-0.2, -0.15) is 5.10 Å². The summed E-state index contributed by atoms with van der Waals surface area (Å²) in [5, 5.41) is 5.46. The van der Waals surface area contributed by atoms with E-state index in [4.69, 9.17) is 0 Å². The monoisotopic (exact) mass is 338 g/mol. The summed E-state index contributed by atoms with van der Waals surface area (Å²) in [6.45, 7) is 5.39. The van der Waals surface area contributed by atoms with Gasteiger partial charge in [-0.3, -0.25) is 4.79 Å². The number of likely N-dealkylation sites (tertiary alicyclic amines) is 1. The molecule has 0 aromatic carbocycles. The number of hydrogen-bond donors (Lipinski definition) is 1. The number of H-pyrrole nitrogens is 1. The molecule has 7 nitrogen and oxygen atoms in total. The van der Waals surface area contributed by atoms with Crippen LogP contribution in [0.5, 0.6) is 0 Å². The van der Waals surface area contributed by atoms with E-state index in [-0.39, 0.29) is 11.9 Å². The van der Waals surface area contributed by atoms with Crippen LogP contribution >= 0.6 is 0 Å². The van der Waals surface area contributed by atoms with E-state index in [0.717, 1.165) is 47.6 Å². The molecule has 1 aliphatic rings. The van der Waals surface area contributed by atoms with Gasteiger partial charge in [-0.1, -0.05) is 0 Å². The molecule has 0 radical (unpaired) electrons. The maximum Gasteiger partial charge on any atom is 0.227 e. The predicted octanol–water partition coefficient (Wildman–Crippen LogP) is 2.00. The highest BCUT2D eigenvalue weighted by molar-refractivity contribution is 5.87. The van der Waals surface area contributed by atoms with Crippen LogP contribution in [0.3, 0.4) is 0 Å². The van der Waals surface area contributed by atoms with Gasteiger partial charge >= 0.3 is 0 Å². The van der Waals surface area contributed by atoms with Crippen LogP contribution in [0.4, 0.5) is 0 Å². The Morgan fingerprint density at radius 3 is 3.08 bits per heavy atom. The summed E-state index contributed by atoms with van der Waals surface area (Å²) in [6, 6.07) is 4.10. The van der Waals surface area contributed by atoms with E-state index in [1.807, 2.05) is 41.8 Å². The number of amides is 1. The van der Waals surface area contributed by atoms with Crippen molar-refractivity contribution in [1.82, 2.24) is 29.6 Å². The van der Waals surface area contributed by atoms with Crippen LogP contribution in [-0.4, -0.2) is 48.1 Å². The van der Waals surface area contributed by atoms with Crippen molar-refractivity contribution in [2.75, 3.05) is 6.54 Å². The number of aromatic amines is 1. The SMILES string of the molecule is Cc1nc(C)n(CC2CCCN2C(=O)Cc2c[nH]c3ncccc23)n1. The van der Waals surface area contributed by atoms with Gasteiger partial charge in [0, 0.05) is 24.3 Å². The number of fused-ring (bicyclic) bond motifs is 1. The Morgan fingerprint density at radius 2 is 2.28 bits per heavy atom. The summed E-state index contributed by atoms with van der Waals surface area (Å²) in [7, 11) is 0. The summed E-state index contributed by atoms with van der Waals surface area (Å²) in [5.74, 6) is 1.85. The molecule has 0 bridgehead atoms. The quantitative estimate of drug-likeness (QED) is 0.789. The van der Waals surface area contributed by atoms with Crippen LogP contribution < -0.4 is 0 Å². The molecule has 4 rings (SSSR count). The van der Waals surface area contributed by atoms with Gasteiger partial charge in [0.1, 0.15) is 17.3 Å². The predicted molar refractivity (Wildman–Crippen MR) is 94.0 cm³/mol. The zero-order valence-corrected chi connectivity index (χ0v) is 14.6. The highest BCUT2D eigenvalue weighted by atomic mass is 16.2. The van der Waals surface area contributed by atoms with E-state index >= 15 is 0 Å². The summed E-state index contributed by atoms with van der Waals surface area (Å²) < 4.78 is 1.92. The third-order valence-electron chi connectivity index (χ3n) is 4.92. The molecule has 4 heterocycles. The van der Waals surface area contributed by atoms with Crippen molar-refractivity contribution in [3.63, 3.8) is 0 Å². The molecule has 1 amide bonds. The number of aromatic nitrogens is 5. The first-order valence-electron chi connectivity index (χ1n) is 8.70. The molecule has 3 aromatic heterocycles. The minimum Gasteiger partial charge on any atom is -0.346 e. The van der Waals surface area contributed by atoms with Gasteiger partial charge < -0.3 is 9.88 Å². The van der Waals surface area contributed by atoms with E-state index in [1.54, 1.807) is 6.20 Å². The molecule has 25 heavy (non-hydrogen) atoms. The van der Waals surface area contributed by atoms with Crippen LogP contribution in [-0.2, 0) is 17.8 Å². The molecule has 0 spiro atoms. The molecule has 1 N–H and O–H groups in total. The topological polar surface area (TPSA) is 79.7 Å². The fraction of sp³-hybridized carbons (Fsp3) is 0.444. The molecule has 0 saturated carbocycles. The standard InChI is InChI=1S/C18H22N6O/c1-12-21-13(2)24(22-12)11-15-5-4-8-23(15)17(25)9-14-10-20-18-16(14)6-3-7-19-18/h3,6-7,10,15H,4-5,8-9,11H2,1-2H3,(H,19,20). The Labute approximate surface area is 146 Å². The molecule has 3 aromatic rings. The molecule has 130 valence electrons. The lowest BCUT2D eigenvalue weighted by Gasteiger charge is -2.25. The van der Waals surface area contributed by atoms with Crippen molar-refractivity contribution in [2.45, 2.75) is 45.7 Å². The number of rotatable bonds is 4. The van der Waals surface area contributed by atoms with Crippen LogP contribution in [0.2, 0.25) is 0 Å². The van der Waals surface area contributed by atoms with Crippen molar-refractivity contribution < 1.29 is 4.79 Å². The Morgan fingerprint density at radius 1 is 1.40 bits per heavy atom. The van der Waals surface area contributed by atoms with Gasteiger partial charge in [0.25, 0.3) is 0 Å². The van der Waals surface area contributed by atoms with Crippen molar-refractivity contribution in [3.8, 4) is 0 Å². The first kappa shape index (κ1) is 15.8. The Balaban J connectivity index is 1.50. The van der Waals surface area contributed by atoms with E-state index in [2.05, 4.69) is 20.1 Å². The van der Waals surface area contributed by atoms with Crippen LogP contribution in [0.25, 0.3) is 11.0 Å². The number of aryl methyl sites for hydroxylation is 2. The Bertz CT molecular complexity index is 911. The number of nitrogens with zero attached hydrogens (tertiary/aromatic N) is 5. The number of carbonyl (C=O) groups excluding carboxylic acids is 1. The Kier molecular flexibility index (Phi) is 3.99. The number of hydrogen-bond acceptors (Lipinski definition) is 4. The molecule has 1 aliphatic heterocycles. The lowest BCUT2D eigenvalue weighted by atomic mass is 10.1. The summed E-state index contributed by atoms with van der Waals surface area (Å²) in [4.78, 5) is 26.7.